The first-order valence-corrected chi connectivity index (χ1v) is 3.76. The Morgan fingerprint density at radius 1 is 1.36 bits per heavy atom. The number of hydrogen-bond donors (Lipinski definition) is 0. The van der Waals surface area contributed by atoms with Crippen LogP contribution in [0.3, 0.4) is 0 Å². The van der Waals surface area contributed by atoms with Gasteiger partial charge in [-0.15, -0.1) is 0 Å². The summed E-state index contributed by atoms with van der Waals surface area (Å²) >= 11 is 4.54. The Balaban J connectivity index is 2.53. The zero-order chi connectivity index (χ0) is 8.48. The van der Waals surface area contributed by atoms with Gasteiger partial charge in [0.1, 0.15) is 0 Å². The van der Waals surface area contributed by atoms with Crippen molar-refractivity contribution >= 4 is 17.5 Å². The lowest BCUT2D eigenvalue weighted by molar-refractivity contribution is -0.145. The summed E-state index contributed by atoms with van der Waals surface area (Å²) in [7, 11) is 0. The van der Waals surface area contributed by atoms with Crippen molar-refractivity contribution in [3.8, 4) is 0 Å². The third-order valence-corrected chi connectivity index (χ3v) is 1.80. The molecule has 0 aromatic carbocycles. The van der Waals surface area contributed by atoms with Crippen LogP contribution in [-0.4, -0.2) is 29.3 Å². The van der Waals surface area contributed by atoms with E-state index in [-0.39, 0.29) is 0 Å². The van der Waals surface area contributed by atoms with Gasteiger partial charge in [0, 0.05) is 13.1 Å². The molecule has 1 amide bonds. The van der Waals surface area contributed by atoms with Crippen LogP contribution in [0.1, 0.15) is 12.8 Å². The van der Waals surface area contributed by atoms with Crippen molar-refractivity contribution < 1.29 is 13.6 Å². The molecule has 0 aliphatic carbocycles. The summed E-state index contributed by atoms with van der Waals surface area (Å²) in [4.78, 5) is 11.8. The van der Waals surface area contributed by atoms with E-state index in [4.69, 9.17) is 0 Å². The molecule has 5 heteroatoms. The van der Waals surface area contributed by atoms with E-state index in [1.807, 2.05) is 0 Å². The van der Waals surface area contributed by atoms with Crippen molar-refractivity contribution in [2.45, 2.75) is 18.2 Å². The molecule has 11 heavy (non-hydrogen) atoms. The van der Waals surface area contributed by atoms with Gasteiger partial charge in [-0.05, 0) is 24.4 Å². The number of carbonyl (C=O) groups is 1. The third kappa shape index (κ3) is 2.02. The van der Waals surface area contributed by atoms with Gasteiger partial charge in [0.2, 0.25) is 0 Å². The van der Waals surface area contributed by atoms with Crippen LogP contribution in [0.2, 0.25) is 0 Å². The summed E-state index contributed by atoms with van der Waals surface area (Å²) in [5.41, 5.74) is 0. The van der Waals surface area contributed by atoms with Crippen LogP contribution in [0.5, 0.6) is 0 Å². The molecule has 1 aliphatic heterocycles. The Morgan fingerprint density at radius 2 is 1.82 bits per heavy atom. The normalized spacial score (nSPS) is 19.0. The highest BCUT2D eigenvalue weighted by Crippen LogP contribution is 2.23. The molecule has 0 N–H and O–H groups in total. The lowest BCUT2D eigenvalue weighted by Crippen LogP contribution is -2.38. The zero-order valence-corrected chi connectivity index (χ0v) is 6.57. The topological polar surface area (TPSA) is 20.3 Å². The fourth-order valence-corrected chi connectivity index (χ4v) is 1.22. The smallest absolute Gasteiger partial charge is 0.336 e. The molecule has 1 saturated heterocycles. The summed E-state index contributed by atoms with van der Waals surface area (Å²) < 4.78 is 24.3. The zero-order valence-electron chi connectivity index (χ0n) is 5.82. The minimum absolute atomic E-state index is 0.404. The number of alkyl halides is 3. The predicted molar refractivity (Wildman–Crippen MR) is 36.6 cm³/mol. The maximum atomic E-state index is 12.1. The van der Waals surface area contributed by atoms with Gasteiger partial charge in [0.25, 0.3) is 0 Å². The standard InChI is InChI=1S/C6H8ClF2NO/c7-6(8,9)5(11)10-3-1-2-4-10/h1-4H2. The van der Waals surface area contributed by atoms with Crippen LogP contribution in [-0.2, 0) is 4.79 Å². The van der Waals surface area contributed by atoms with Crippen LogP contribution in [0.25, 0.3) is 0 Å². The number of nitrogens with zero attached hydrogens (tertiary/aromatic N) is 1. The first-order valence-electron chi connectivity index (χ1n) is 3.38. The molecule has 2 nitrogen and oxygen atoms in total. The minimum atomic E-state index is -3.72. The number of carbonyl (C=O) groups excluding carboxylic acids is 1. The lowest BCUT2D eigenvalue weighted by atomic mass is 10.4. The number of halogens is 3. The molecule has 0 radical (unpaired) electrons. The Morgan fingerprint density at radius 3 is 2.18 bits per heavy atom. The third-order valence-electron chi connectivity index (χ3n) is 1.64. The SMILES string of the molecule is O=C(N1CCCC1)C(F)(F)Cl. The second-order valence-electron chi connectivity index (χ2n) is 2.50. The van der Waals surface area contributed by atoms with Gasteiger partial charge in [0.15, 0.2) is 0 Å². The summed E-state index contributed by atoms with van der Waals surface area (Å²) in [6.07, 6.45) is 1.58. The highest BCUT2D eigenvalue weighted by molar-refractivity contribution is 6.32. The average molecular weight is 184 g/mol. The molecule has 0 spiro atoms. The van der Waals surface area contributed by atoms with Gasteiger partial charge >= 0.3 is 11.3 Å². The molecule has 0 atom stereocenters. The molecule has 1 fully saturated rings. The molecular formula is C6H8ClF2NO. The first kappa shape index (κ1) is 8.71. The second-order valence-corrected chi connectivity index (χ2v) is 2.97. The van der Waals surface area contributed by atoms with E-state index in [0.717, 1.165) is 17.7 Å². The average Bonchev–Trinajstić information content (AvgIpc) is 2.34. The van der Waals surface area contributed by atoms with Crippen LogP contribution >= 0.6 is 11.6 Å². The van der Waals surface area contributed by atoms with Gasteiger partial charge in [-0.2, -0.15) is 8.78 Å². The Kier molecular flexibility index (Phi) is 2.32. The van der Waals surface area contributed by atoms with E-state index in [2.05, 4.69) is 11.6 Å². The lowest BCUT2D eigenvalue weighted by Gasteiger charge is -2.17. The molecule has 0 aromatic rings. The fourth-order valence-electron chi connectivity index (χ4n) is 1.10. The number of likely N-dealkylation sites (tertiary alicyclic amines) is 1. The number of hydrogen-bond acceptors (Lipinski definition) is 1. The summed E-state index contributed by atoms with van der Waals surface area (Å²) in [5.74, 6) is -1.27. The van der Waals surface area contributed by atoms with Gasteiger partial charge in [0.05, 0.1) is 0 Å². The minimum Gasteiger partial charge on any atom is -0.336 e. The van der Waals surface area contributed by atoms with Crippen LogP contribution in [0.4, 0.5) is 8.78 Å². The highest BCUT2D eigenvalue weighted by atomic mass is 35.5. The van der Waals surface area contributed by atoms with Crippen molar-refractivity contribution in [1.29, 1.82) is 0 Å². The second kappa shape index (κ2) is 2.93. The van der Waals surface area contributed by atoms with E-state index in [0.29, 0.717) is 13.1 Å². The van der Waals surface area contributed by atoms with E-state index >= 15 is 0 Å². The Bertz CT molecular complexity index is 162. The van der Waals surface area contributed by atoms with Crippen molar-refractivity contribution in [3.05, 3.63) is 0 Å². The molecule has 1 aliphatic rings. The van der Waals surface area contributed by atoms with Gasteiger partial charge in [-0.1, -0.05) is 0 Å². The van der Waals surface area contributed by atoms with Gasteiger partial charge in [-0.3, -0.25) is 4.79 Å². The van der Waals surface area contributed by atoms with Crippen molar-refractivity contribution in [2.75, 3.05) is 13.1 Å². The van der Waals surface area contributed by atoms with E-state index in [9.17, 15) is 13.6 Å². The Labute approximate surface area is 68.1 Å². The van der Waals surface area contributed by atoms with E-state index < -0.39 is 11.3 Å². The van der Waals surface area contributed by atoms with E-state index in [1.54, 1.807) is 0 Å². The van der Waals surface area contributed by atoms with Gasteiger partial charge < -0.3 is 4.90 Å². The van der Waals surface area contributed by atoms with Crippen LogP contribution < -0.4 is 0 Å². The number of amides is 1. The fraction of sp³-hybridized carbons (Fsp3) is 0.833. The summed E-state index contributed by atoms with van der Waals surface area (Å²) in [6.45, 7) is 0.808. The molecule has 64 valence electrons. The van der Waals surface area contributed by atoms with Crippen molar-refractivity contribution in [1.82, 2.24) is 4.90 Å². The summed E-state index contributed by atoms with van der Waals surface area (Å²) in [6, 6.07) is 0. The van der Waals surface area contributed by atoms with Gasteiger partial charge in [-0.25, -0.2) is 0 Å². The van der Waals surface area contributed by atoms with Crippen LogP contribution in [0.15, 0.2) is 0 Å². The largest absolute Gasteiger partial charge is 0.399 e. The molecule has 0 bridgehead atoms. The first-order chi connectivity index (χ1) is 5.02. The number of rotatable bonds is 1. The van der Waals surface area contributed by atoms with E-state index in [1.165, 1.54) is 0 Å². The Hall–Kier alpha value is -0.380. The summed E-state index contributed by atoms with van der Waals surface area (Å²) in [5, 5.41) is -3.72. The monoisotopic (exact) mass is 183 g/mol. The molecule has 0 saturated carbocycles. The molecule has 0 aromatic heterocycles. The predicted octanol–water partition coefficient (Wildman–Crippen LogP) is 1.44. The molecule has 0 unspecified atom stereocenters. The molecule has 1 heterocycles. The maximum Gasteiger partial charge on any atom is 0.399 e. The maximum absolute atomic E-state index is 12.1. The molecule has 1 rings (SSSR count). The van der Waals surface area contributed by atoms with Crippen molar-refractivity contribution in [3.63, 3.8) is 0 Å². The quantitative estimate of drug-likeness (QED) is 0.564. The van der Waals surface area contributed by atoms with Crippen LogP contribution in [0, 0.1) is 0 Å². The highest BCUT2D eigenvalue weighted by Gasteiger charge is 2.40. The molecular weight excluding hydrogens is 176 g/mol. The van der Waals surface area contributed by atoms with Crippen molar-refractivity contribution in [2.24, 2.45) is 0 Å².